The molecule has 4 heteroatoms. The van der Waals surface area contributed by atoms with Crippen molar-refractivity contribution in [3.63, 3.8) is 0 Å². The van der Waals surface area contributed by atoms with Crippen LogP contribution in [0.1, 0.15) is 0 Å². The molecule has 54 valence electrons. The average Bonchev–Trinajstić information content (AvgIpc) is 2.05. The monoisotopic (exact) mass is 139 g/mol. The number of aliphatic imine (C=N–C) groups is 1. The van der Waals surface area contributed by atoms with Crippen LogP contribution in [-0.4, -0.2) is 30.1 Å². The molecular weight excluding hydrogens is 130 g/mol. The third kappa shape index (κ3) is 1.41. The summed E-state index contributed by atoms with van der Waals surface area (Å²) in [6, 6.07) is 0. The fourth-order valence-corrected chi connectivity index (χ4v) is 0.678. The van der Waals surface area contributed by atoms with Crippen molar-refractivity contribution in [3.05, 3.63) is 12.4 Å². The summed E-state index contributed by atoms with van der Waals surface area (Å²) in [7, 11) is 0. The van der Waals surface area contributed by atoms with Gasteiger partial charge in [0.2, 0.25) is 5.91 Å². The lowest BCUT2D eigenvalue weighted by molar-refractivity contribution is -0.126. The first-order valence-electron chi connectivity index (χ1n) is 3.02. The first-order chi connectivity index (χ1) is 4.84. The quantitative estimate of drug-likeness (QED) is 0.523. The molecule has 1 aliphatic rings. The lowest BCUT2D eigenvalue weighted by Crippen LogP contribution is -2.33. The van der Waals surface area contributed by atoms with Gasteiger partial charge in [-0.05, 0) is 0 Å². The second-order valence-corrected chi connectivity index (χ2v) is 1.88. The molecule has 0 unspecified atom stereocenters. The molecule has 1 heterocycles. The van der Waals surface area contributed by atoms with Gasteiger partial charge < -0.3 is 10.6 Å². The highest BCUT2D eigenvalue weighted by molar-refractivity contribution is 5.82. The van der Waals surface area contributed by atoms with E-state index in [1.165, 1.54) is 4.90 Å². The van der Waals surface area contributed by atoms with Crippen molar-refractivity contribution in [2.75, 3.05) is 13.1 Å². The van der Waals surface area contributed by atoms with Gasteiger partial charge in [-0.2, -0.15) is 0 Å². The lowest BCUT2D eigenvalue weighted by Gasteiger charge is -2.15. The van der Waals surface area contributed by atoms with E-state index in [9.17, 15) is 4.79 Å². The minimum absolute atomic E-state index is 0.0537. The zero-order valence-corrected chi connectivity index (χ0v) is 5.53. The molecule has 0 atom stereocenters. The summed E-state index contributed by atoms with van der Waals surface area (Å²) in [4.78, 5) is 16.2. The van der Waals surface area contributed by atoms with E-state index in [-0.39, 0.29) is 12.5 Å². The Labute approximate surface area is 59.0 Å². The first kappa shape index (κ1) is 6.95. The highest BCUT2D eigenvalue weighted by Gasteiger charge is 2.07. The average molecular weight is 139 g/mol. The molecule has 0 aromatic carbocycles. The third-order valence-electron chi connectivity index (χ3n) is 1.21. The molecule has 0 aromatic heterocycles. The first-order valence-corrected chi connectivity index (χ1v) is 3.02. The largest absolute Gasteiger partial charge is 0.322 e. The molecule has 0 fully saturated rings. The molecule has 0 radical (unpaired) electrons. The van der Waals surface area contributed by atoms with Crippen molar-refractivity contribution in [1.82, 2.24) is 4.90 Å². The van der Waals surface area contributed by atoms with Gasteiger partial charge in [-0.15, -0.1) is 0 Å². The van der Waals surface area contributed by atoms with E-state index >= 15 is 0 Å². The number of hydrogen-bond acceptors (Lipinski definition) is 3. The molecule has 1 amide bonds. The molecule has 0 spiro atoms. The van der Waals surface area contributed by atoms with Crippen molar-refractivity contribution in [2.45, 2.75) is 0 Å². The molecule has 0 saturated heterocycles. The van der Waals surface area contributed by atoms with Crippen molar-refractivity contribution in [3.8, 4) is 0 Å². The second-order valence-electron chi connectivity index (χ2n) is 1.88. The van der Waals surface area contributed by atoms with Crippen LogP contribution in [0.3, 0.4) is 0 Å². The Hall–Kier alpha value is -1.16. The van der Waals surface area contributed by atoms with E-state index in [1.807, 2.05) is 0 Å². The Balaban J connectivity index is 2.51. The number of carbonyl (C=O) groups is 1. The van der Waals surface area contributed by atoms with Gasteiger partial charge in [0.15, 0.2) is 0 Å². The minimum atomic E-state index is -0.0811. The topological polar surface area (TPSA) is 58.7 Å². The van der Waals surface area contributed by atoms with Crippen LogP contribution in [-0.2, 0) is 4.79 Å². The molecule has 0 aliphatic carbocycles. The normalized spacial score (nSPS) is 15.9. The number of nitrogens with two attached hydrogens (primary N) is 1. The summed E-state index contributed by atoms with van der Waals surface area (Å²) in [6.45, 7) is 0.588. The van der Waals surface area contributed by atoms with Crippen molar-refractivity contribution >= 4 is 12.1 Å². The predicted molar refractivity (Wildman–Crippen MR) is 38.4 cm³/mol. The van der Waals surface area contributed by atoms with Gasteiger partial charge in [-0.25, -0.2) is 0 Å². The number of rotatable bonds is 1. The minimum Gasteiger partial charge on any atom is -0.322 e. The van der Waals surface area contributed by atoms with Crippen molar-refractivity contribution in [1.29, 1.82) is 0 Å². The maximum absolute atomic E-state index is 10.9. The molecule has 2 N–H and O–H groups in total. The Morgan fingerprint density at radius 3 is 3.10 bits per heavy atom. The van der Waals surface area contributed by atoms with Crippen LogP contribution < -0.4 is 5.73 Å². The number of nitrogens with zero attached hydrogens (tertiary/aromatic N) is 2. The van der Waals surface area contributed by atoms with Crippen molar-refractivity contribution in [2.24, 2.45) is 10.7 Å². The number of carbonyl (C=O) groups excluding carboxylic acids is 1. The van der Waals surface area contributed by atoms with Crippen LogP contribution in [0, 0.1) is 0 Å². The Morgan fingerprint density at radius 2 is 2.60 bits per heavy atom. The van der Waals surface area contributed by atoms with E-state index in [0.717, 1.165) is 0 Å². The van der Waals surface area contributed by atoms with Gasteiger partial charge in [0, 0.05) is 18.6 Å². The van der Waals surface area contributed by atoms with Gasteiger partial charge in [-0.3, -0.25) is 9.79 Å². The smallest absolute Gasteiger partial charge is 0.240 e. The fourth-order valence-electron chi connectivity index (χ4n) is 0.678. The Morgan fingerprint density at radius 1 is 1.80 bits per heavy atom. The predicted octanol–water partition coefficient (Wildman–Crippen LogP) is -0.671. The maximum Gasteiger partial charge on any atom is 0.240 e. The van der Waals surface area contributed by atoms with Gasteiger partial charge in [0.1, 0.15) is 0 Å². The highest BCUT2D eigenvalue weighted by Crippen LogP contribution is 1.93. The SMILES string of the molecule is NCC(=O)N1C=CN=CC1. The molecular formula is C6H9N3O. The number of hydrogen-bond donors (Lipinski definition) is 1. The summed E-state index contributed by atoms with van der Waals surface area (Å²) in [5.74, 6) is -0.0811. The standard InChI is InChI=1S/C6H9N3O/c7-5-6(10)9-3-1-8-2-4-9/h1-3H,4-5,7H2. The molecule has 0 aromatic rings. The van der Waals surface area contributed by atoms with Crippen LogP contribution in [0.4, 0.5) is 0 Å². The van der Waals surface area contributed by atoms with Crippen LogP contribution >= 0.6 is 0 Å². The second kappa shape index (κ2) is 3.12. The molecule has 10 heavy (non-hydrogen) atoms. The summed E-state index contributed by atoms with van der Waals surface area (Å²) in [6.07, 6.45) is 4.85. The summed E-state index contributed by atoms with van der Waals surface area (Å²) in [5, 5.41) is 0. The molecule has 1 rings (SSSR count). The zero-order valence-electron chi connectivity index (χ0n) is 5.53. The van der Waals surface area contributed by atoms with E-state index in [2.05, 4.69) is 4.99 Å². The summed E-state index contributed by atoms with van der Waals surface area (Å²) < 4.78 is 0. The Bertz CT molecular complexity index is 185. The lowest BCUT2D eigenvalue weighted by atomic mass is 10.4. The molecule has 0 bridgehead atoms. The molecule has 1 aliphatic heterocycles. The zero-order chi connectivity index (χ0) is 7.40. The van der Waals surface area contributed by atoms with Crippen LogP contribution in [0.2, 0.25) is 0 Å². The van der Waals surface area contributed by atoms with Crippen LogP contribution in [0.5, 0.6) is 0 Å². The van der Waals surface area contributed by atoms with E-state index < -0.39 is 0 Å². The number of amides is 1. The highest BCUT2D eigenvalue weighted by atomic mass is 16.2. The van der Waals surface area contributed by atoms with Gasteiger partial charge >= 0.3 is 0 Å². The Kier molecular flexibility index (Phi) is 2.17. The van der Waals surface area contributed by atoms with Gasteiger partial charge in [-0.1, -0.05) is 0 Å². The fraction of sp³-hybridized carbons (Fsp3) is 0.333. The van der Waals surface area contributed by atoms with E-state index in [4.69, 9.17) is 5.73 Å². The van der Waals surface area contributed by atoms with Crippen LogP contribution in [0.15, 0.2) is 17.4 Å². The van der Waals surface area contributed by atoms with E-state index in [1.54, 1.807) is 18.6 Å². The molecule has 0 saturated carbocycles. The van der Waals surface area contributed by atoms with Crippen molar-refractivity contribution < 1.29 is 4.79 Å². The van der Waals surface area contributed by atoms with Crippen LogP contribution in [0.25, 0.3) is 0 Å². The molecule has 4 nitrogen and oxygen atoms in total. The maximum atomic E-state index is 10.9. The summed E-state index contributed by atoms with van der Waals surface area (Å²) in [5.41, 5.74) is 5.13. The summed E-state index contributed by atoms with van der Waals surface area (Å²) >= 11 is 0. The van der Waals surface area contributed by atoms with E-state index in [0.29, 0.717) is 6.54 Å². The third-order valence-corrected chi connectivity index (χ3v) is 1.21. The van der Waals surface area contributed by atoms with Gasteiger partial charge in [0.05, 0.1) is 13.1 Å². The van der Waals surface area contributed by atoms with Gasteiger partial charge in [0.25, 0.3) is 0 Å².